The van der Waals surface area contributed by atoms with Crippen molar-refractivity contribution >= 4 is 25.9 Å². The SMILES string of the molecule is CCOC(=O)COc1ccc(Cl)cc1CO[Si](C)(C)C(C)(C)C. The van der Waals surface area contributed by atoms with E-state index in [2.05, 4.69) is 33.9 Å². The summed E-state index contributed by atoms with van der Waals surface area (Å²) in [7, 11) is -1.88. The molecule has 23 heavy (non-hydrogen) atoms. The lowest BCUT2D eigenvalue weighted by molar-refractivity contribution is -0.145. The Hall–Kier alpha value is -1.04. The van der Waals surface area contributed by atoms with Crippen LogP contribution in [0.4, 0.5) is 0 Å². The van der Waals surface area contributed by atoms with Crippen molar-refractivity contribution in [1.29, 1.82) is 0 Å². The molecule has 0 aromatic heterocycles. The number of benzene rings is 1. The van der Waals surface area contributed by atoms with Crippen molar-refractivity contribution in [3.8, 4) is 5.75 Å². The smallest absolute Gasteiger partial charge is 0.344 e. The standard InChI is InChI=1S/C17H27ClO4Si/c1-7-20-16(19)12-21-15-9-8-14(18)10-13(15)11-22-23(5,6)17(2,3)4/h8-10H,7,11-12H2,1-6H3. The molecule has 0 heterocycles. The van der Waals surface area contributed by atoms with Crippen LogP contribution < -0.4 is 4.74 Å². The molecule has 0 aliphatic heterocycles. The number of carbonyl (C=O) groups excluding carboxylic acids is 1. The van der Waals surface area contributed by atoms with Crippen molar-refractivity contribution in [1.82, 2.24) is 0 Å². The van der Waals surface area contributed by atoms with E-state index in [-0.39, 0.29) is 11.6 Å². The maximum Gasteiger partial charge on any atom is 0.344 e. The first-order valence-corrected chi connectivity index (χ1v) is 11.1. The van der Waals surface area contributed by atoms with Crippen LogP contribution >= 0.6 is 11.6 Å². The fourth-order valence-electron chi connectivity index (χ4n) is 1.62. The minimum atomic E-state index is -1.88. The van der Waals surface area contributed by atoms with Gasteiger partial charge in [0.2, 0.25) is 0 Å². The van der Waals surface area contributed by atoms with E-state index in [4.69, 9.17) is 25.5 Å². The molecule has 0 saturated heterocycles. The van der Waals surface area contributed by atoms with Crippen molar-refractivity contribution in [3.05, 3.63) is 28.8 Å². The summed E-state index contributed by atoms with van der Waals surface area (Å²) < 4.78 is 16.6. The average Bonchev–Trinajstić information content (AvgIpc) is 2.43. The fraction of sp³-hybridized carbons (Fsp3) is 0.588. The van der Waals surface area contributed by atoms with Gasteiger partial charge in [0.1, 0.15) is 5.75 Å². The molecule has 4 nitrogen and oxygen atoms in total. The van der Waals surface area contributed by atoms with Gasteiger partial charge < -0.3 is 13.9 Å². The molecule has 0 radical (unpaired) electrons. The molecule has 0 N–H and O–H groups in total. The number of ether oxygens (including phenoxy) is 2. The van der Waals surface area contributed by atoms with Crippen molar-refractivity contribution in [2.75, 3.05) is 13.2 Å². The molecule has 0 aliphatic carbocycles. The zero-order chi connectivity index (χ0) is 17.7. The number of halogens is 1. The summed E-state index contributed by atoms with van der Waals surface area (Å²) in [5, 5.41) is 0.736. The van der Waals surface area contributed by atoms with Gasteiger partial charge in [0, 0.05) is 10.6 Å². The van der Waals surface area contributed by atoms with Gasteiger partial charge in [-0.15, -0.1) is 0 Å². The molecule has 0 bridgehead atoms. The minimum Gasteiger partial charge on any atom is -0.482 e. The molecule has 6 heteroatoms. The second kappa shape index (κ2) is 8.17. The van der Waals surface area contributed by atoms with E-state index in [0.717, 1.165) is 5.56 Å². The van der Waals surface area contributed by atoms with Crippen LogP contribution in [0.3, 0.4) is 0 Å². The molecule has 0 spiro atoms. The Morgan fingerprint density at radius 2 is 1.91 bits per heavy atom. The normalized spacial score (nSPS) is 12.1. The Kier molecular flexibility index (Phi) is 7.11. The van der Waals surface area contributed by atoms with Crippen LogP contribution in [0.25, 0.3) is 0 Å². The summed E-state index contributed by atoms with van der Waals surface area (Å²) in [5.41, 5.74) is 0.839. The molecule has 0 atom stereocenters. The first-order valence-electron chi connectivity index (χ1n) is 7.77. The first-order chi connectivity index (χ1) is 10.6. The third kappa shape index (κ3) is 6.16. The summed E-state index contributed by atoms with van der Waals surface area (Å²) in [6, 6.07) is 5.30. The van der Waals surface area contributed by atoms with E-state index in [0.29, 0.717) is 24.0 Å². The topological polar surface area (TPSA) is 44.8 Å². The van der Waals surface area contributed by atoms with Crippen LogP contribution in [0.2, 0.25) is 23.2 Å². The third-order valence-electron chi connectivity index (χ3n) is 4.07. The second-order valence-electron chi connectivity index (χ2n) is 6.89. The number of esters is 1. The van der Waals surface area contributed by atoms with Crippen LogP contribution in [0.1, 0.15) is 33.3 Å². The van der Waals surface area contributed by atoms with Crippen LogP contribution in [-0.2, 0) is 20.6 Å². The maximum absolute atomic E-state index is 11.4. The minimum absolute atomic E-state index is 0.122. The largest absolute Gasteiger partial charge is 0.482 e. The summed E-state index contributed by atoms with van der Waals surface area (Å²) in [6.07, 6.45) is 0. The number of hydrogen-bond acceptors (Lipinski definition) is 4. The molecule has 0 amide bonds. The summed E-state index contributed by atoms with van der Waals surface area (Å²) in [6.45, 7) is 13.3. The monoisotopic (exact) mass is 358 g/mol. The fourth-order valence-corrected chi connectivity index (χ4v) is 2.76. The van der Waals surface area contributed by atoms with Gasteiger partial charge in [-0.05, 0) is 43.3 Å². The number of rotatable bonds is 7. The Bertz CT molecular complexity index is 538. The first kappa shape index (κ1) is 20.0. The molecule has 1 aromatic carbocycles. The van der Waals surface area contributed by atoms with Gasteiger partial charge in [0.15, 0.2) is 14.9 Å². The van der Waals surface area contributed by atoms with E-state index < -0.39 is 14.3 Å². The molecule has 130 valence electrons. The molecule has 1 aromatic rings. The van der Waals surface area contributed by atoms with E-state index in [1.54, 1.807) is 19.1 Å². The third-order valence-corrected chi connectivity index (χ3v) is 8.78. The highest BCUT2D eigenvalue weighted by Gasteiger charge is 2.37. The van der Waals surface area contributed by atoms with E-state index in [1.165, 1.54) is 0 Å². The average molecular weight is 359 g/mol. The van der Waals surface area contributed by atoms with Gasteiger partial charge in [-0.1, -0.05) is 32.4 Å². The lowest BCUT2D eigenvalue weighted by atomic mass is 10.2. The van der Waals surface area contributed by atoms with Gasteiger partial charge in [-0.3, -0.25) is 0 Å². The van der Waals surface area contributed by atoms with Gasteiger partial charge in [-0.2, -0.15) is 0 Å². The number of hydrogen-bond donors (Lipinski definition) is 0. The summed E-state index contributed by atoms with van der Waals surface area (Å²) >= 11 is 6.08. The highest BCUT2D eigenvalue weighted by Crippen LogP contribution is 2.37. The molecule has 1 rings (SSSR count). The van der Waals surface area contributed by atoms with Crippen molar-refractivity contribution in [3.63, 3.8) is 0 Å². The number of carbonyl (C=O) groups is 1. The van der Waals surface area contributed by atoms with Gasteiger partial charge in [0.25, 0.3) is 0 Å². The second-order valence-corrected chi connectivity index (χ2v) is 12.1. The van der Waals surface area contributed by atoms with E-state index in [1.807, 2.05) is 6.07 Å². The van der Waals surface area contributed by atoms with E-state index in [9.17, 15) is 4.79 Å². The Labute approximate surface area is 145 Å². The lowest BCUT2D eigenvalue weighted by Gasteiger charge is -2.36. The molecule has 0 unspecified atom stereocenters. The van der Waals surface area contributed by atoms with Crippen molar-refractivity contribution < 1.29 is 18.7 Å². The van der Waals surface area contributed by atoms with Gasteiger partial charge >= 0.3 is 5.97 Å². The van der Waals surface area contributed by atoms with Gasteiger partial charge in [-0.25, -0.2) is 4.79 Å². The van der Waals surface area contributed by atoms with E-state index >= 15 is 0 Å². The molecular formula is C17H27ClO4Si. The quantitative estimate of drug-likeness (QED) is 0.518. The Balaban J connectivity index is 2.81. The van der Waals surface area contributed by atoms with Crippen LogP contribution in [0.15, 0.2) is 18.2 Å². The Morgan fingerprint density at radius 3 is 2.48 bits per heavy atom. The zero-order valence-electron chi connectivity index (χ0n) is 14.9. The van der Waals surface area contributed by atoms with Crippen molar-refractivity contribution in [2.24, 2.45) is 0 Å². The zero-order valence-corrected chi connectivity index (χ0v) is 16.6. The predicted molar refractivity (Wildman–Crippen MR) is 95.6 cm³/mol. The van der Waals surface area contributed by atoms with Gasteiger partial charge in [0.05, 0.1) is 13.2 Å². The Morgan fingerprint density at radius 1 is 1.26 bits per heavy atom. The van der Waals surface area contributed by atoms with Crippen LogP contribution in [0, 0.1) is 0 Å². The van der Waals surface area contributed by atoms with Crippen molar-refractivity contribution in [2.45, 2.75) is 52.4 Å². The lowest BCUT2D eigenvalue weighted by Crippen LogP contribution is -2.40. The maximum atomic E-state index is 11.4. The molecule has 0 fully saturated rings. The summed E-state index contributed by atoms with van der Waals surface area (Å²) in [5.74, 6) is 0.208. The highest BCUT2D eigenvalue weighted by molar-refractivity contribution is 6.74. The summed E-state index contributed by atoms with van der Waals surface area (Å²) in [4.78, 5) is 11.4. The highest BCUT2D eigenvalue weighted by atomic mass is 35.5. The predicted octanol–water partition coefficient (Wildman–Crippen LogP) is 4.80. The molecular weight excluding hydrogens is 332 g/mol. The van der Waals surface area contributed by atoms with Crippen LogP contribution in [0.5, 0.6) is 5.75 Å². The molecule has 0 aliphatic rings. The van der Waals surface area contributed by atoms with Crippen LogP contribution in [-0.4, -0.2) is 27.5 Å². The molecule has 0 saturated carbocycles.